The molecule has 0 aliphatic heterocycles. The van der Waals surface area contributed by atoms with E-state index in [-0.39, 0.29) is 17.4 Å². The molecule has 0 radical (unpaired) electrons. The second-order valence-corrected chi connectivity index (χ2v) is 4.09. The fraction of sp³-hybridized carbons (Fsp3) is 0.500. The average molecular weight is 240 g/mol. The molecule has 0 aliphatic carbocycles. The molecular formula is C12H17FN2O2. The zero-order valence-electron chi connectivity index (χ0n) is 10.3. The number of rotatable bonds is 5. The van der Waals surface area contributed by atoms with E-state index in [2.05, 4.69) is 4.98 Å². The first-order valence-electron chi connectivity index (χ1n) is 5.63. The predicted molar refractivity (Wildman–Crippen MR) is 63.9 cm³/mol. The van der Waals surface area contributed by atoms with Crippen LogP contribution in [0, 0.1) is 5.82 Å². The summed E-state index contributed by atoms with van der Waals surface area (Å²) in [5, 5.41) is 8.85. The topological polar surface area (TPSA) is 53.4 Å². The number of aromatic nitrogens is 1. The van der Waals surface area contributed by atoms with Crippen LogP contribution in [0.1, 0.15) is 37.6 Å². The number of carboxylic acids is 1. The minimum absolute atomic E-state index is 0.0704. The van der Waals surface area contributed by atoms with E-state index in [1.165, 1.54) is 12.3 Å². The SMILES string of the molecule is CCCN(c1nccc(C(=O)O)c1F)C(C)C. The summed E-state index contributed by atoms with van der Waals surface area (Å²) >= 11 is 0. The van der Waals surface area contributed by atoms with Crippen molar-refractivity contribution >= 4 is 11.8 Å². The van der Waals surface area contributed by atoms with Gasteiger partial charge in [0.2, 0.25) is 0 Å². The number of hydrogen-bond donors (Lipinski definition) is 1. The number of carboxylic acid groups (broad SMARTS) is 1. The largest absolute Gasteiger partial charge is 0.478 e. The molecule has 1 aromatic rings. The van der Waals surface area contributed by atoms with Crippen LogP contribution in [0.3, 0.4) is 0 Å². The Morgan fingerprint density at radius 2 is 2.24 bits per heavy atom. The van der Waals surface area contributed by atoms with E-state index >= 15 is 0 Å². The molecule has 0 unspecified atom stereocenters. The molecule has 0 bridgehead atoms. The molecule has 0 atom stereocenters. The van der Waals surface area contributed by atoms with Gasteiger partial charge in [0.1, 0.15) is 5.56 Å². The molecule has 0 aromatic carbocycles. The van der Waals surface area contributed by atoms with Crippen LogP contribution in [0.5, 0.6) is 0 Å². The fourth-order valence-electron chi connectivity index (χ4n) is 1.65. The fourth-order valence-corrected chi connectivity index (χ4v) is 1.65. The van der Waals surface area contributed by atoms with E-state index in [1.54, 1.807) is 4.90 Å². The molecule has 0 saturated carbocycles. The molecule has 0 spiro atoms. The first-order chi connectivity index (χ1) is 7.99. The van der Waals surface area contributed by atoms with Gasteiger partial charge in [-0.2, -0.15) is 0 Å². The Morgan fingerprint density at radius 1 is 1.59 bits per heavy atom. The third kappa shape index (κ3) is 2.93. The highest BCUT2D eigenvalue weighted by Gasteiger charge is 2.20. The lowest BCUT2D eigenvalue weighted by atomic mass is 10.2. The van der Waals surface area contributed by atoms with Crippen molar-refractivity contribution in [1.29, 1.82) is 0 Å². The smallest absolute Gasteiger partial charge is 0.338 e. The van der Waals surface area contributed by atoms with Gasteiger partial charge in [-0.3, -0.25) is 0 Å². The Morgan fingerprint density at radius 3 is 2.71 bits per heavy atom. The van der Waals surface area contributed by atoms with Crippen LogP contribution in [-0.2, 0) is 0 Å². The molecule has 1 rings (SSSR count). The van der Waals surface area contributed by atoms with Gasteiger partial charge in [0.05, 0.1) is 0 Å². The average Bonchev–Trinajstić information content (AvgIpc) is 2.26. The van der Waals surface area contributed by atoms with E-state index in [9.17, 15) is 9.18 Å². The van der Waals surface area contributed by atoms with Crippen molar-refractivity contribution in [3.05, 3.63) is 23.6 Å². The molecule has 0 saturated heterocycles. The van der Waals surface area contributed by atoms with Crippen molar-refractivity contribution in [1.82, 2.24) is 4.98 Å². The quantitative estimate of drug-likeness (QED) is 0.859. The maximum absolute atomic E-state index is 14.0. The second kappa shape index (κ2) is 5.61. The van der Waals surface area contributed by atoms with Crippen LogP contribution in [0.4, 0.5) is 10.2 Å². The molecule has 0 aliphatic rings. The van der Waals surface area contributed by atoms with Gasteiger partial charge < -0.3 is 10.0 Å². The second-order valence-electron chi connectivity index (χ2n) is 4.09. The molecule has 0 fully saturated rings. The summed E-state index contributed by atoms with van der Waals surface area (Å²) in [6, 6.07) is 1.24. The Kier molecular flexibility index (Phi) is 4.43. The lowest BCUT2D eigenvalue weighted by Gasteiger charge is -2.27. The zero-order chi connectivity index (χ0) is 13.0. The summed E-state index contributed by atoms with van der Waals surface area (Å²) in [6.45, 7) is 6.47. The van der Waals surface area contributed by atoms with Crippen molar-refractivity contribution < 1.29 is 14.3 Å². The summed E-state index contributed by atoms with van der Waals surface area (Å²) < 4.78 is 14.0. The van der Waals surface area contributed by atoms with Crippen LogP contribution < -0.4 is 4.90 Å². The van der Waals surface area contributed by atoms with Gasteiger partial charge in [0, 0.05) is 18.8 Å². The van der Waals surface area contributed by atoms with Crippen LogP contribution in [-0.4, -0.2) is 28.6 Å². The maximum atomic E-state index is 14.0. The van der Waals surface area contributed by atoms with Gasteiger partial charge in [0.15, 0.2) is 11.6 Å². The van der Waals surface area contributed by atoms with Crippen molar-refractivity contribution in [3.63, 3.8) is 0 Å². The monoisotopic (exact) mass is 240 g/mol. The number of aromatic carboxylic acids is 1. The molecule has 1 N–H and O–H groups in total. The first kappa shape index (κ1) is 13.4. The van der Waals surface area contributed by atoms with Crippen molar-refractivity contribution in [2.75, 3.05) is 11.4 Å². The third-order valence-electron chi connectivity index (χ3n) is 2.46. The van der Waals surface area contributed by atoms with Crippen molar-refractivity contribution in [3.8, 4) is 0 Å². The highest BCUT2D eigenvalue weighted by Crippen LogP contribution is 2.21. The summed E-state index contributed by atoms with van der Waals surface area (Å²) in [5.74, 6) is -1.92. The van der Waals surface area contributed by atoms with Crippen molar-refractivity contribution in [2.45, 2.75) is 33.2 Å². The van der Waals surface area contributed by atoms with Crippen molar-refractivity contribution in [2.24, 2.45) is 0 Å². The first-order valence-corrected chi connectivity index (χ1v) is 5.63. The van der Waals surface area contributed by atoms with Gasteiger partial charge >= 0.3 is 5.97 Å². The molecule has 4 nitrogen and oxygen atoms in total. The Labute approximate surface area is 100 Å². The number of carbonyl (C=O) groups is 1. The standard InChI is InChI=1S/C12H17FN2O2/c1-4-7-15(8(2)3)11-10(13)9(12(16)17)5-6-14-11/h5-6,8H,4,7H2,1-3H3,(H,16,17). The van der Waals surface area contributed by atoms with Gasteiger partial charge in [-0.1, -0.05) is 6.92 Å². The van der Waals surface area contributed by atoms with E-state index in [4.69, 9.17) is 5.11 Å². The Balaban J connectivity index is 3.20. The highest BCUT2D eigenvalue weighted by molar-refractivity contribution is 5.88. The maximum Gasteiger partial charge on any atom is 0.338 e. The minimum atomic E-state index is -1.27. The lowest BCUT2D eigenvalue weighted by molar-refractivity contribution is 0.0691. The van der Waals surface area contributed by atoms with E-state index in [0.29, 0.717) is 6.54 Å². The minimum Gasteiger partial charge on any atom is -0.478 e. The predicted octanol–water partition coefficient (Wildman–Crippen LogP) is 2.54. The molecule has 17 heavy (non-hydrogen) atoms. The molecule has 5 heteroatoms. The molecule has 1 heterocycles. The lowest BCUT2D eigenvalue weighted by Crippen LogP contribution is -2.33. The summed E-state index contributed by atoms with van der Waals surface area (Å²) in [6.07, 6.45) is 2.17. The number of halogens is 1. The third-order valence-corrected chi connectivity index (χ3v) is 2.46. The Bertz CT molecular complexity index is 407. The van der Waals surface area contributed by atoms with E-state index < -0.39 is 11.8 Å². The van der Waals surface area contributed by atoms with Crippen LogP contribution in [0.25, 0.3) is 0 Å². The molecule has 0 amide bonds. The van der Waals surface area contributed by atoms with Gasteiger partial charge in [0.25, 0.3) is 0 Å². The van der Waals surface area contributed by atoms with Crippen LogP contribution >= 0.6 is 0 Å². The van der Waals surface area contributed by atoms with Gasteiger partial charge in [-0.15, -0.1) is 0 Å². The van der Waals surface area contributed by atoms with Crippen LogP contribution in [0.2, 0.25) is 0 Å². The molecule has 1 aromatic heterocycles. The highest BCUT2D eigenvalue weighted by atomic mass is 19.1. The zero-order valence-corrected chi connectivity index (χ0v) is 10.3. The van der Waals surface area contributed by atoms with Gasteiger partial charge in [-0.05, 0) is 26.3 Å². The molecule has 94 valence electrons. The number of hydrogen-bond acceptors (Lipinski definition) is 3. The van der Waals surface area contributed by atoms with E-state index in [1.807, 2.05) is 20.8 Å². The number of anilines is 1. The summed E-state index contributed by atoms with van der Waals surface area (Å²) in [7, 11) is 0. The number of pyridine rings is 1. The normalized spacial score (nSPS) is 10.6. The van der Waals surface area contributed by atoms with Gasteiger partial charge in [-0.25, -0.2) is 14.2 Å². The van der Waals surface area contributed by atoms with E-state index in [0.717, 1.165) is 6.42 Å². The molecular weight excluding hydrogens is 223 g/mol. The number of nitrogens with zero attached hydrogens (tertiary/aromatic N) is 2. The van der Waals surface area contributed by atoms with Crippen LogP contribution in [0.15, 0.2) is 12.3 Å². The summed E-state index contributed by atoms with van der Waals surface area (Å²) in [4.78, 5) is 16.6. The Hall–Kier alpha value is -1.65. The summed E-state index contributed by atoms with van der Waals surface area (Å²) in [5.41, 5.74) is -0.336.